The van der Waals surface area contributed by atoms with Gasteiger partial charge in [0.2, 0.25) is 6.29 Å². The lowest BCUT2D eigenvalue weighted by Gasteiger charge is -2.45. The van der Waals surface area contributed by atoms with E-state index >= 15 is 0 Å². The Bertz CT molecular complexity index is 1020. The van der Waals surface area contributed by atoms with Crippen LogP contribution in [-0.2, 0) is 11.2 Å². The Hall–Kier alpha value is -2.17. The molecule has 1 aliphatic rings. The van der Waals surface area contributed by atoms with Gasteiger partial charge >= 0.3 is 0 Å². The minimum Gasteiger partial charge on any atom is -0.454 e. The van der Waals surface area contributed by atoms with Crippen molar-refractivity contribution in [3.63, 3.8) is 0 Å². The molecule has 0 bridgehead atoms. The van der Waals surface area contributed by atoms with Crippen LogP contribution in [0.5, 0.6) is 5.75 Å². The number of ether oxygens (including phenoxy) is 2. The first-order valence-corrected chi connectivity index (χ1v) is 9.76. The molecule has 0 saturated carbocycles. The summed E-state index contributed by atoms with van der Waals surface area (Å²) in [6.45, 7) is -0.649. The normalized spacial score (nSPS) is 29.3. The molecule has 0 aliphatic carbocycles. The van der Waals surface area contributed by atoms with E-state index in [4.69, 9.17) is 21.1 Å². The molecule has 30 heavy (non-hydrogen) atoms. The lowest BCUT2D eigenvalue weighted by Crippen LogP contribution is -2.69. The van der Waals surface area contributed by atoms with E-state index in [-0.39, 0.29) is 5.75 Å². The van der Waals surface area contributed by atoms with E-state index in [9.17, 15) is 25.5 Å². The molecule has 1 aromatic heterocycles. The molecule has 1 aliphatic heterocycles. The van der Waals surface area contributed by atoms with Crippen LogP contribution in [0.15, 0.2) is 48.7 Å². The fraction of sp³-hybridized carbons (Fsp3) is 0.333. The number of benzene rings is 2. The molecule has 2 heterocycles. The van der Waals surface area contributed by atoms with Crippen LogP contribution in [0.1, 0.15) is 11.1 Å². The maximum atomic E-state index is 10.8. The van der Waals surface area contributed by atoms with Crippen molar-refractivity contribution in [1.82, 2.24) is 4.98 Å². The second kappa shape index (κ2) is 8.16. The molecule has 1 saturated heterocycles. The Labute approximate surface area is 176 Å². The number of nitrogens with one attached hydrogen (secondary N) is 1. The smallest absolute Gasteiger partial charge is 0.288 e. The summed E-state index contributed by atoms with van der Waals surface area (Å²) in [5.74, 6) is -2.47. The average Bonchev–Trinajstić information content (AvgIpc) is 3.15. The van der Waals surface area contributed by atoms with E-state index in [0.717, 1.165) is 16.6 Å². The van der Waals surface area contributed by atoms with Gasteiger partial charge in [-0.15, -0.1) is 0 Å². The zero-order valence-electron chi connectivity index (χ0n) is 15.8. The van der Waals surface area contributed by atoms with Crippen molar-refractivity contribution < 1.29 is 35.0 Å². The summed E-state index contributed by atoms with van der Waals surface area (Å²) in [6, 6.07) is 12.4. The topological polar surface area (TPSA) is 135 Å². The summed E-state index contributed by atoms with van der Waals surface area (Å²) >= 11 is 5.95. The van der Waals surface area contributed by atoms with Gasteiger partial charge in [-0.05, 0) is 41.8 Å². The Morgan fingerprint density at radius 2 is 1.83 bits per heavy atom. The fourth-order valence-corrected chi connectivity index (χ4v) is 3.77. The number of fused-ring (bicyclic) bond motifs is 1. The van der Waals surface area contributed by atoms with E-state index < -0.39 is 37.0 Å². The molecule has 6 N–H and O–H groups in total. The van der Waals surface area contributed by atoms with Crippen LogP contribution in [0.3, 0.4) is 0 Å². The number of H-pyrrole nitrogens is 1. The Kier molecular flexibility index (Phi) is 5.73. The zero-order chi connectivity index (χ0) is 21.5. The maximum absolute atomic E-state index is 10.8. The van der Waals surface area contributed by atoms with Crippen LogP contribution in [0.25, 0.3) is 10.9 Å². The molecular formula is C21H22ClNO7. The molecule has 2 aromatic carbocycles. The van der Waals surface area contributed by atoms with E-state index in [2.05, 4.69) is 4.98 Å². The highest BCUT2D eigenvalue weighted by molar-refractivity contribution is 6.30. The predicted molar refractivity (Wildman–Crippen MR) is 108 cm³/mol. The van der Waals surface area contributed by atoms with Crippen LogP contribution in [0.2, 0.25) is 5.02 Å². The average molecular weight is 436 g/mol. The van der Waals surface area contributed by atoms with Gasteiger partial charge < -0.3 is 40.0 Å². The summed E-state index contributed by atoms with van der Waals surface area (Å²) in [7, 11) is 0. The Morgan fingerprint density at radius 3 is 2.53 bits per heavy atom. The molecule has 8 nitrogen and oxygen atoms in total. The van der Waals surface area contributed by atoms with Gasteiger partial charge in [0, 0.05) is 22.1 Å². The van der Waals surface area contributed by atoms with Crippen molar-refractivity contribution in [1.29, 1.82) is 0 Å². The first-order chi connectivity index (χ1) is 14.3. The SMILES string of the molecule is OC[C@H]1O[C@H](O)[C@@](O)(Oc2cccc3[nH]cc(Cc4ccc(Cl)cc4)c23)[C@@H](O)[C@@H]1O. The highest BCUT2D eigenvalue weighted by atomic mass is 35.5. The van der Waals surface area contributed by atoms with Gasteiger partial charge in [-0.25, -0.2) is 0 Å². The van der Waals surface area contributed by atoms with Gasteiger partial charge in [0.05, 0.1) is 6.61 Å². The molecule has 160 valence electrons. The van der Waals surface area contributed by atoms with Crippen LogP contribution >= 0.6 is 11.6 Å². The third-order valence-electron chi connectivity index (χ3n) is 5.30. The Morgan fingerprint density at radius 1 is 1.10 bits per heavy atom. The van der Waals surface area contributed by atoms with Crippen LogP contribution in [0.4, 0.5) is 0 Å². The summed E-state index contributed by atoms with van der Waals surface area (Å²) in [5.41, 5.74) is 2.56. The van der Waals surface area contributed by atoms with E-state index in [1.165, 1.54) is 0 Å². The summed E-state index contributed by atoms with van der Waals surface area (Å²) in [5, 5.41) is 52.1. The minimum atomic E-state index is -2.64. The molecule has 9 heteroatoms. The van der Waals surface area contributed by atoms with Crippen molar-refractivity contribution in [2.75, 3.05) is 6.61 Å². The van der Waals surface area contributed by atoms with Crippen LogP contribution in [-0.4, -0.2) is 67.5 Å². The van der Waals surface area contributed by atoms with Crippen molar-refractivity contribution in [2.24, 2.45) is 0 Å². The summed E-state index contributed by atoms with van der Waals surface area (Å²) in [6.07, 6.45) is -4.51. The first-order valence-electron chi connectivity index (χ1n) is 9.39. The van der Waals surface area contributed by atoms with Gasteiger partial charge in [-0.3, -0.25) is 0 Å². The lowest BCUT2D eigenvalue weighted by molar-refractivity contribution is -0.385. The number of aliphatic hydroxyl groups is 5. The van der Waals surface area contributed by atoms with Gasteiger partial charge in [0.1, 0.15) is 18.0 Å². The van der Waals surface area contributed by atoms with E-state index in [1.807, 2.05) is 18.2 Å². The molecule has 0 spiro atoms. The number of aliphatic hydroxyl groups excluding tert-OH is 4. The second-order valence-electron chi connectivity index (χ2n) is 7.29. The first kappa shape index (κ1) is 21.1. The minimum absolute atomic E-state index is 0.177. The zero-order valence-corrected chi connectivity index (χ0v) is 16.5. The van der Waals surface area contributed by atoms with Gasteiger partial charge in [-0.2, -0.15) is 0 Å². The predicted octanol–water partition coefficient (Wildman–Crippen LogP) is 0.911. The fourth-order valence-electron chi connectivity index (χ4n) is 3.64. The number of halogens is 1. The summed E-state index contributed by atoms with van der Waals surface area (Å²) < 4.78 is 10.7. The van der Waals surface area contributed by atoms with E-state index in [1.54, 1.807) is 30.5 Å². The van der Waals surface area contributed by atoms with Gasteiger partial charge in [0.25, 0.3) is 5.79 Å². The van der Waals surface area contributed by atoms with Crippen LogP contribution in [0, 0.1) is 0 Å². The number of aromatic amines is 1. The van der Waals surface area contributed by atoms with Crippen molar-refractivity contribution in [3.8, 4) is 5.75 Å². The third kappa shape index (κ3) is 3.67. The second-order valence-corrected chi connectivity index (χ2v) is 7.73. The quantitative estimate of drug-likeness (QED) is 0.328. The molecule has 0 radical (unpaired) electrons. The molecule has 4 rings (SSSR count). The van der Waals surface area contributed by atoms with E-state index in [0.29, 0.717) is 16.8 Å². The largest absolute Gasteiger partial charge is 0.454 e. The number of aromatic nitrogens is 1. The Balaban J connectivity index is 1.69. The monoisotopic (exact) mass is 435 g/mol. The third-order valence-corrected chi connectivity index (χ3v) is 5.55. The molecule has 1 fully saturated rings. The number of rotatable bonds is 5. The van der Waals surface area contributed by atoms with Crippen molar-refractivity contribution >= 4 is 22.5 Å². The lowest BCUT2D eigenvalue weighted by atomic mass is 9.95. The molecule has 5 atom stereocenters. The standard InChI is InChI=1S/C21H22ClNO7/c22-13-6-4-11(5-7-13)8-12-9-23-14-2-1-3-15(17(12)14)30-21(28)19(26)18(25)16(10-24)29-20(21)27/h1-7,9,16,18-20,23-28H,8,10H2/t16-,18-,19+,20+,21+/m1/s1. The molecule has 3 aromatic rings. The number of hydrogen-bond acceptors (Lipinski definition) is 7. The highest BCUT2D eigenvalue weighted by Gasteiger charge is 2.57. The van der Waals surface area contributed by atoms with Crippen molar-refractivity contribution in [3.05, 3.63) is 64.8 Å². The summed E-state index contributed by atoms with van der Waals surface area (Å²) in [4.78, 5) is 3.13. The number of hydrogen-bond donors (Lipinski definition) is 6. The van der Waals surface area contributed by atoms with Crippen molar-refractivity contribution in [2.45, 2.75) is 36.8 Å². The molecule has 0 amide bonds. The van der Waals surface area contributed by atoms with Gasteiger partial charge in [0.15, 0.2) is 6.10 Å². The maximum Gasteiger partial charge on any atom is 0.288 e. The van der Waals surface area contributed by atoms with Crippen LogP contribution < -0.4 is 4.74 Å². The van der Waals surface area contributed by atoms with Gasteiger partial charge in [-0.1, -0.05) is 29.8 Å². The molecule has 0 unspecified atom stereocenters. The highest BCUT2D eigenvalue weighted by Crippen LogP contribution is 2.36. The molecular weight excluding hydrogens is 414 g/mol.